The Morgan fingerprint density at radius 2 is 1.11 bits per heavy atom. The van der Waals surface area contributed by atoms with Crippen LogP contribution >= 0.6 is 45.2 Å². The van der Waals surface area contributed by atoms with E-state index in [0.717, 1.165) is 0 Å². The van der Waals surface area contributed by atoms with Crippen LogP contribution in [0.4, 0.5) is 0 Å². The molecule has 0 aliphatic heterocycles. The van der Waals surface area contributed by atoms with Crippen LogP contribution in [0, 0.1) is 11.8 Å². The number of carbonyl (C=O) groups excluding carboxylic acids is 2. The average molecular weight is 482 g/mol. The van der Waals surface area contributed by atoms with Crippen LogP contribution in [0.1, 0.15) is 27.7 Å². The van der Waals surface area contributed by atoms with Crippen LogP contribution in [0.25, 0.3) is 0 Å². The van der Waals surface area contributed by atoms with Crippen molar-refractivity contribution >= 4 is 57.1 Å². The average Bonchev–Trinajstić information content (AvgIpc) is 2.30. The van der Waals surface area contributed by atoms with Gasteiger partial charge in [0, 0.05) is 0 Å². The zero-order chi connectivity index (χ0) is 14.3. The minimum absolute atomic E-state index is 0.290. The largest absolute Gasteiger partial charge is 0.465 e. The molecule has 0 aliphatic rings. The lowest BCUT2D eigenvalue weighted by Crippen LogP contribution is -2.34. The molecule has 0 aliphatic carbocycles. The van der Waals surface area contributed by atoms with Gasteiger partial charge in [0.25, 0.3) is 0 Å². The van der Waals surface area contributed by atoms with Gasteiger partial charge in [0.2, 0.25) is 0 Å². The van der Waals surface area contributed by atoms with Crippen molar-refractivity contribution in [2.45, 2.75) is 35.5 Å². The van der Waals surface area contributed by atoms with Crippen LogP contribution in [-0.2, 0) is 19.1 Å². The van der Waals surface area contributed by atoms with Gasteiger partial charge in [0.1, 0.15) is 7.85 Å². The van der Waals surface area contributed by atoms with Crippen molar-refractivity contribution in [3.63, 3.8) is 0 Å². The summed E-state index contributed by atoms with van der Waals surface area (Å²) in [6, 6.07) is 0. The molecule has 0 amide bonds. The Labute approximate surface area is 136 Å². The Morgan fingerprint density at radius 1 is 0.833 bits per heavy atom. The molecule has 2 atom stereocenters. The Kier molecular flexibility index (Phi) is 9.53. The molecule has 0 fully saturated rings. The van der Waals surface area contributed by atoms with E-state index in [1.165, 1.54) is 0 Å². The molecule has 0 saturated heterocycles. The zero-order valence-corrected chi connectivity index (χ0v) is 15.4. The van der Waals surface area contributed by atoms with E-state index in [1.54, 1.807) is 0 Å². The molecular weight excluding hydrogens is 462 g/mol. The Hall–Kier alpha value is 0.400. The van der Waals surface area contributed by atoms with Crippen LogP contribution in [0.5, 0.6) is 0 Å². The summed E-state index contributed by atoms with van der Waals surface area (Å²) < 4.78 is 9.18. The van der Waals surface area contributed by atoms with Gasteiger partial charge in [-0.25, -0.2) is 0 Å². The monoisotopic (exact) mass is 482 g/mol. The molecule has 0 aromatic heterocycles. The normalized spacial score (nSPS) is 14.4. The van der Waals surface area contributed by atoms with Gasteiger partial charge in [-0.05, 0) is 11.8 Å². The standard InChI is InChI=1S/C12H20I2O4/c1-7(2)5-17-11(15)9(13)10(14)12(16)18-6-8(3)4/h7-10H,5-6H2,1-4H3. The highest BCUT2D eigenvalue weighted by molar-refractivity contribution is 14.1. The van der Waals surface area contributed by atoms with Crippen molar-refractivity contribution in [3.05, 3.63) is 0 Å². The third-order valence-corrected chi connectivity index (χ3v) is 5.66. The summed E-state index contributed by atoms with van der Waals surface area (Å²) in [5, 5.41) is 0. The van der Waals surface area contributed by atoms with E-state index >= 15 is 0 Å². The van der Waals surface area contributed by atoms with Crippen molar-refractivity contribution in [3.8, 4) is 0 Å². The van der Waals surface area contributed by atoms with Gasteiger partial charge in [-0.2, -0.15) is 0 Å². The fraction of sp³-hybridized carbons (Fsp3) is 0.833. The van der Waals surface area contributed by atoms with Crippen LogP contribution in [0.2, 0.25) is 0 Å². The molecule has 106 valence electrons. The SMILES string of the molecule is CC(C)COC(=O)C(I)C(I)C(=O)OCC(C)C. The lowest BCUT2D eigenvalue weighted by molar-refractivity contribution is -0.149. The van der Waals surface area contributed by atoms with Gasteiger partial charge >= 0.3 is 11.9 Å². The second-order valence-electron chi connectivity index (χ2n) is 4.85. The van der Waals surface area contributed by atoms with E-state index in [1.807, 2.05) is 72.9 Å². The number of halogens is 2. The summed E-state index contributed by atoms with van der Waals surface area (Å²) >= 11 is 3.86. The molecule has 0 aromatic rings. The molecule has 2 unspecified atom stereocenters. The first-order valence-corrected chi connectivity index (χ1v) is 8.36. The molecule has 4 nitrogen and oxygen atoms in total. The van der Waals surface area contributed by atoms with Gasteiger partial charge in [-0.3, -0.25) is 9.59 Å². The topological polar surface area (TPSA) is 52.6 Å². The first-order chi connectivity index (χ1) is 8.25. The minimum atomic E-state index is -0.512. The van der Waals surface area contributed by atoms with E-state index in [4.69, 9.17) is 9.47 Å². The summed E-state index contributed by atoms with van der Waals surface area (Å²) in [5.41, 5.74) is 0. The fourth-order valence-electron chi connectivity index (χ4n) is 0.896. The van der Waals surface area contributed by atoms with Crippen LogP contribution in [0.3, 0.4) is 0 Å². The first-order valence-electron chi connectivity index (χ1n) is 5.87. The van der Waals surface area contributed by atoms with Crippen LogP contribution in [-0.4, -0.2) is 33.0 Å². The van der Waals surface area contributed by atoms with Crippen molar-refractivity contribution < 1.29 is 19.1 Å². The molecule has 0 bridgehead atoms. The highest BCUT2D eigenvalue weighted by Crippen LogP contribution is 2.19. The molecule has 0 rings (SSSR count). The molecule has 0 N–H and O–H groups in total. The van der Waals surface area contributed by atoms with Crippen molar-refractivity contribution in [2.75, 3.05) is 13.2 Å². The number of rotatable bonds is 7. The minimum Gasteiger partial charge on any atom is -0.465 e. The van der Waals surface area contributed by atoms with E-state index in [-0.39, 0.29) is 23.8 Å². The third-order valence-electron chi connectivity index (χ3n) is 1.83. The highest BCUT2D eigenvalue weighted by Gasteiger charge is 2.32. The molecule has 0 spiro atoms. The van der Waals surface area contributed by atoms with Gasteiger partial charge in [0.15, 0.2) is 0 Å². The van der Waals surface area contributed by atoms with Crippen molar-refractivity contribution in [1.82, 2.24) is 0 Å². The molecule has 18 heavy (non-hydrogen) atoms. The maximum absolute atomic E-state index is 11.7. The molecule has 6 heteroatoms. The summed E-state index contributed by atoms with van der Waals surface area (Å²) in [5.74, 6) is -0.133. The summed E-state index contributed by atoms with van der Waals surface area (Å²) in [4.78, 5) is 23.4. The Balaban J connectivity index is 4.18. The summed E-state index contributed by atoms with van der Waals surface area (Å²) in [6.45, 7) is 8.62. The fourth-order valence-corrected chi connectivity index (χ4v) is 1.84. The van der Waals surface area contributed by atoms with Crippen LogP contribution < -0.4 is 0 Å². The number of hydrogen-bond acceptors (Lipinski definition) is 4. The summed E-state index contributed by atoms with van der Waals surface area (Å²) in [7, 11) is 0. The van der Waals surface area contributed by atoms with E-state index in [2.05, 4.69) is 0 Å². The molecule has 0 radical (unpaired) electrons. The summed E-state index contributed by atoms with van der Waals surface area (Å²) in [6.07, 6.45) is 0. The third kappa shape index (κ3) is 7.75. The lowest BCUT2D eigenvalue weighted by atomic mass is 10.2. The maximum atomic E-state index is 11.7. The van der Waals surface area contributed by atoms with Crippen molar-refractivity contribution in [2.24, 2.45) is 11.8 Å². The second-order valence-corrected chi connectivity index (χ2v) is 7.54. The number of hydrogen-bond donors (Lipinski definition) is 0. The number of esters is 2. The zero-order valence-electron chi connectivity index (χ0n) is 11.1. The molecule has 0 saturated carbocycles. The number of carbonyl (C=O) groups is 2. The first kappa shape index (κ1) is 18.4. The van der Waals surface area contributed by atoms with E-state index < -0.39 is 7.85 Å². The Bertz CT molecular complexity index is 251. The molecule has 0 aromatic carbocycles. The lowest BCUT2D eigenvalue weighted by Gasteiger charge is -2.16. The van der Waals surface area contributed by atoms with Gasteiger partial charge in [-0.15, -0.1) is 0 Å². The molecule has 0 heterocycles. The second kappa shape index (κ2) is 9.33. The predicted octanol–water partition coefficient (Wildman–Crippen LogP) is 2.99. The van der Waals surface area contributed by atoms with Gasteiger partial charge < -0.3 is 9.47 Å². The predicted molar refractivity (Wildman–Crippen MR) is 87.2 cm³/mol. The number of alkyl halides is 2. The van der Waals surface area contributed by atoms with E-state index in [0.29, 0.717) is 13.2 Å². The smallest absolute Gasteiger partial charge is 0.320 e. The molecular formula is C12H20I2O4. The van der Waals surface area contributed by atoms with Gasteiger partial charge in [-0.1, -0.05) is 72.9 Å². The van der Waals surface area contributed by atoms with E-state index in [9.17, 15) is 9.59 Å². The van der Waals surface area contributed by atoms with Gasteiger partial charge in [0.05, 0.1) is 13.2 Å². The maximum Gasteiger partial charge on any atom is 0.320 e. The Morgan fingerprint density at radius 3 is 1.33 bits per heavy atom. The number of ether oxygens (including phenoxy) is 2. The van der Waals surface area contributed by atoms with Crippen LogP contribution in [0.15, 0.2) is 0 Å². The highest BCUT2D eigenvalue weighted by atomic mass is 127. The van der Waals surface area contributed by atoms with Crippen molar-refractivity contribution in [1.29, 1.82) is 0 Å². The quantitative estimate of drug-likeness (QED) is 0.318.